The van der Waals surface area contributed by atoms with Gasteiger partial charge in [0.2, 0.25) is 0 Å². The minimum absolute atomic E-state index is 0.678. The largest absolute Gasteiger partial charge is 0.480 e. The van der Waals surface area contributed by atoms with E-state index >= 15 is 0 Å². The molecule has 4 heteroatoms. The van der Waals surface area contributed by atoms with Gasteiger partial charge in [-0.15, -0.1) is 0 Å². The second-order valence-electron chi connectivity index (χ2n) is 1.42. The lowest BCUT2D eigenvalue weighted by atomic mass is 10.2. The predicted molar refractivity (Wildman–Crippen MR) is 30.8 cm³/mol. The Bertz CT molecular complexity index is 152. The Labute approximate surface area is 52.0 Å². The topological polar surface area (TPSA) is 80.4 Å². The van der Waals surface area contributed by atoms with E-state index in [0.717, 1.165) is 6.08 Å². The molecule has 0 spiro atoms. The average Bonchev–Trinajstić information content (AvgIpc) is 1.84. The van der Waals surface area contributed by atoms with E-state index in [1.165, 1.54) is 0 Å². The van der Waals surface area contributed by atoms with Gasteiger partial charge >= 0.3 is 5.97 Å². The van der Waals surface area contributed by atoms with Crippen LogP contribution in [-0.4, -0.2) is 22.9 Å². The average molecular weight is 129 g/mol. The highest BCUT2D eigenvalue weighted by Crippen LogP contribution is 1.81. The Balaban J connectivity index is 4.03. The Morgan fingerprint density at radius 3 is 2.22 bits per heavy atom. The van der Waals surface area contributed by atoms with Gasteiger partial charge in [0.05, 0.1) is 0 Å². The Kier molecular flexibility index (Phi) is 2.60. The zero-order valence-corrected chi connectivity index (χ0v) is 4.70. The number of hydrogen-bond donors (Lipinski definition) is 2. The molecule has 50 valence electrons. The first-order valence-electron chi connectivity index (χ1n) is 2.24. The molecule has 0 bridgehead atoms. The van der Waals surface area contributed by atoms with E-state index in [1.807, 2.05) is 0 Å². The quantitative estimate of drug-likeness (QED) is 0.384. The molecule has 1 unspecified atom stereocenters. The van der Waals surface area contributed by atoms with Crippen LogP contribution in [0.25, 0.3) is 0 Å². The van der Waals surface area contributed by atoms with E-state index in [2.05, 4.69) is 6.58 Å². The summed E-state index contributed by atoms with van der Waals surface area (Å²) < 4.78 is 0. The van der Waals surface area contributed by atoms with Gasteiger partial charge in [-0.25, -0.2) is 0 Å². The van der Waals surface area contributed by atoms with Gasteiger partial charge in [0.15, 0.2) is 11.8 Å². The standard InChI is InChI=1S/C5H7NO3/c1-2-3(7)4(6)5(8)9/h2,4H,1,6H2,(H,8,9). The van der Waals surface area contributed by atoms with Crippen LogP contribution in [0.2, 0.25) is 0 Å². The molecule has 0 aliphatic heterocycles. The maximum Gasteiger partial charge on any atom is 0.328 e. The Morgan fingerprint density at radius 2 is 2.11 bits per heavy atom. The van der Waals surface area contributed by atoms with Crippen LogP contribution >= 0.6 is 0 Å². The van der Waals surface area contributed by atoms with Crippen LogP contribution in [0.1, 0.15) is 0 Å². The molecule has 0 aliphatic carbocycles. The van der Waals surface area contributed by atoms with Gasteiger partial charge in [-0.2, -0.15) is 0 Å². The summed E-state index contributed by atoms with van der Waals surface area (Å²) >= 11 is 0. The molecule has 0 aromatic heterocycles. The van der Waals surface area contributed by atoms with E-state index in [0.29, 0.717) is 0 Å². The Morgan fingerprint density at radius 1 is 1.67 bits per heavy atom. The molecule has 0 aliphatic rings. The van der Waals surface area contributed by atoms with Crippen LogP contribution in [0.3, 0.4) is 0 Å². The molecule has 0 fully saturated rings. The van der Waals surface area contributed by atoms with E-state index in [-0.39, 0.29) is 0 Å². The van der Waals surface area contributed by atoms with Gasteiger partial charge in [0.1, 0.15) is 0 Å². The number of hydrogen-bond acceptors (Lipinski definition) is 3. The highest BCUT2D eigenvalue weighted by atomic mass is 16.4. The molecule has 0 amide bonds. The van der Waals surface area contributed by atoms with Crippen molar-refractivity contribution in [3.05, 3.63) is 12.7 Å². The van der Waals surface area contributed by atoms with Crippen molar-refractivity contribution in [2.24, 2.45) is 5.73 Å². The highest BCUT2D eigenvalue weighted by Gasteiger charge is 2.17. The van der Waals surface area contributed by atoms with Gasteiger partial charge < -0.3 is 10.8 Å². The van der Waals surface area contributed by atoms with Gasteiger partial charge in [-0.05, 0) is 6.08 Å². The van der Waals surface area contributed by atoms with Gasteiger partial charge in [0.25, 0.3) is 0 Å². The number of aliphatic carboxylic acids is 1. The summed E-state index contributed by atoms with van der Waals surface area (Å²) in [7, 11) is 0. The minimum atomic E-state index is -1.46. The van der Waals surface area contributed by atoms with E-state index in [1.54, 1.807) is 0 Å². The normalized spacial score (nSPS) is 12.1. The first-order chi connectivity index (χ1) is 4.09. The van der Waals surface area contributed by atoms with Crippen LogP contribution in [0.4, 0.5) is 0 Å². The zero-order valence-electron chi connectivity index (χ0n) is 4.70. The van der Waals surface area contributed by atoms with Crippen LogP contribution < -0.4 is 5.73 Å². The van der Waals surface area contributed by atoms with Crippen LogP contribution in [0.15, 0.2) is 12.7 Å². The molecule has 9 heavy (non-hydrogen) atoms. The van der Waals surface area contributed by atoms with Crippen molar-refractivity contribution in [1.82, 2.24) is 0 Å². The molecule has 3 N–H and O–H groups in total. The van der Waals surface area contributed by atoms with Gasteiger partial charge in [-0.1, -0.05) is 6.58 Å². The van der Waals surface area contributed by atoms with Crippen LogP contribution in [0, 0.1) is 0 Å². The molecule has 0 saturated heterocycles. The number of nitrogens with two attached hydrogens (primary N) is 1. The monoisotopic (exact) mass is 129 g/mol. The van der Waals surface area contributed by atoms with E-state index in [9.17, 15) is 9.59 Å². The number of ketones is 1. The number of carboxylic acid groups (broad SMARTS) is 1. The first-order valence-corrected chi connectivity index (χ1v) is 2.24. The zero-order chi connectivity index (χ0) is 7.44. The predicted octanol–water partition coefficient (Wildman–Crippen LogP) is -0.847. The summed E-state index contributed by atoms with van der Waals surface area (Å²) in [6.45, 7) is 3.07. The number of rotatable bonds is 3. The van der Waals surface area contributed by atoms with E-state index in [4.69, 9.17) is 10.8 Å². The van der Waals surface area contributed by atoms with Crippen molar-refractivity contribution in [2.75, 3.05) is 0 Å². The third kappa shape index (κ3) is 2.05. The van der Waals surface area contributed by atoms with Gasteiger partial charge in [0, 0.05) is 0 Å². The van der Waals surface area contributed by atoms with Crippen molar-refractivity contribution in [3.63, 3.8) is 0 Å². The molecule has 4 nitrogen and oxygen atoms in total. The lowest BCUT2D eigenvalue weighted by molar-refractivity contribution is -0.141. The van der Waals surface area contributed by atoms with Crippen molar-refractivity contribution in [3.8, 4) is 0 Å². The molecule has 0 heterocycles. The lowest BCUT2D eigenvalue weighted by Crippen LogP contribution is -2.37. The smallest absolute Gasteiger partial charge is 0.328 e. The number of carbonyl (C=O) groups is 2. The second kappa shape index (κ2) is 2.99. The molecule has 1 atom stereocenters. The number of carbonyl (C=O) groups excluding carboxylic acids is 1. The third-order valence-corrected chi connectivity index (χ3v) is 0.774. The summed E-state index contributed by atoms with van der Waals surface area (Å²) in [4.78, 5) is 20.2. The van der Waals surface area contributed by atoms with Crippen molar-refractivity contribution >= 4 is 11.8 Å². The molecular weight excluding hydrogens is 122 g/mol. The van der Waals surface area contributed by atoms with Crippen molar-refractivity contribution in [1.29, 1.82) is 0 Å². The summed E-state index contributed by atoms with van der Waals surface area (Å²) in [6, 6.07) is -1.46. The second-order valence-corrected chi connectivity index (χ2v) is 1.42. The maximum absolute atomic E-state index is 10.3. The van der Waals surface area contributed by atoms with Crippen molar-refractivity contribution in [2.45, 2.75) is 6.04 Å². The summed E-state index contributed by atoms with van der Waals surface area (Å²) in [5.74, 6) is -2.01. The molecule has 0 aromatic rings. The summed E-state index contributed by atoms with van der Waals surface area (Å²) in [5.41, 5.74) is 4.85. The highest BCUT2D eigenvalue weighted by molar-refractivity contribution is 6.07. The third-order valence-electron chi connectivity index (χ3n) is 0.774. The van der Waals surface area contributed by atoms with E-state index < -0.39 is 17.8 Å². The molecule has 0 saturated carbocycles. The minimum Gasteiger partial charge on any atom is -0.480 e. The van der Waals surface area contributed by atoms with Crippen LogP contribution in [0.5, 0.6) is 0 Å². The molecular formula is C5H7NO3. The Hall–Kier alpha value is -1.16. The molecule has 0 radical (unpaired) electrons. The summed E-state index contributed by atoms with van der Waals surface area (Å²) in [6.07, 6.45) is 0.888. The number of carboxylic acids is 1. The van der Waals surface area contributed by atoms with Crippen molar-refractivity contribution < 1.29 is 14.7 Å². The fourth-order valence-corrected chi connectivity index (χ4v) is 0.249. The lowest BCUT2D eigenvalue weighted by Gasteiger charge is -1.97. The molecule has 0 rings (SSSR count). The molecule has 0 aromatic carbocycles. The SMILES string of the molecule is C=CC(=O)C(N)C(=O)O. The maximum atomic E-state index is 10.3. The fourth-order valence-electron chi connectivity index (χ4n) is 0.249. The summed E-state index contributed by atoms with van der Waals surface area (Å²) in [5, 5.41) is 8.09. The van der Waals surface area contributed by atoms with Crippen LogP contribution in [-0.2, 0) is 9.59 Å². The first kappa shape index (κ1) is 7.84. The fraction of sp³-hybridized carbons (Fsp3) is 0.200. The van der Waals surface area contributed by atoms with Gasteiger partial charge in [-0.3, -0.25) is 9.59 Å².